The van der Waals surface area contributed by atoms with E-state index in [9.17, 15) is 40.9 Å². The van der Waals surface area contributed by atoms with Crippen LogP contribution in [0.4, 0.5) is 76.3 Å². The third-order valence-corrected chi connectivity index (χ3v) is 14.4. The number of halogens is 6. The zero-order valence-corrected chi connectivity index (χ0v) is 46.7. The van der Waals surface area contributed by atoms with E-state index in [2.05, 4.69) is 60.3 Å². The fourth-order valence-corrected chi connectivity index (χ4v) is 9.76. The summed E-state index contributed by atoms with van der Waals surface area (Å²) in [7, 11) is -1.73. The molecular formula is C60H54F6N12O5S. The van der Waals surface area contributed by atoms with Gasteiger partial charge in [-0.05, 0) is 148 Å². The maximum Gasteiger partial charge on any atom is 0.328 e. The summed E-state index contributed by atoms with van der Waals surface area (Å²) in [5.41, 5.74) is 3.98. The maximum absolute atomic E-state index is 15.0. The Bertz CT molecular complexity index is 3830. The highest BCUT2D eigenvalue weighted by atomic mass is 32.2. The van der Waals surface area contributed by atoms with Crippen molar-refractivity contribution in [1.29, 1.82) is 0 Å². The number of anilines is 7. The largest absolute Gasteiger partial charge is 0.354 e. The summed E-state index contributed by atoms with van der Waals surface area (Å²) in [6, 6.07) is 25.6. The van der Waals surface area contributed by atoms with Crippen LogP contribution in [0.2, 0.25) is 0 Å². The number of amides is 6. The molecule has 8 aromatic rings. The van der Waals surface area contributed by atoms with Crippen LogP contribution < -0.4 is 36.4 Å². The molecule has 0 saturated carbocycles. The lowest BCUT2D eigenvalue weighted by Crippen LogP contribution is -2.43. The normalized spacial score (nSPS) is 13.0. The highest BCUT2D eigenvalue weighted by Gasteiger charge is 2.36. The molecule has 5 N–H and O–H groups in total. The second kappa shape index (κ2) is 25.7. The molecule has 0 spiro atoms. The number of nitrogens with one attached hydrogen (secondary N) is 5. The van der Waals surface area contributed by atoms with Gasteiger partial charge in [-0.15, -0.1) is 0 Å². The number of nitrogens with zero attached hydrogens (tertiary/aromatic N) is 7. The van der Waals surface area contributed by atoms with Gasteiger partial charge in [0, 0.05) is 57.6 Å². The Labute approximate surface area is 481 Å². The number of carbonyl (C=O) groups excluding carboxylic acids is 4. The monoisotopic (exact) mass is 1170 g/mol. The van der Waals surface area contributed by atoms with E-state index in [1.54, 1.807) is 43.3 Å². The van der Waals surface area contributed by atoms with Crippen LogP contribution >= 0.6 is 0 Å². The number of fused-ring (bicyclic) bond motifs is 2. The second-order valence-electron chi connectivity index (χ2n) is 19.2. The van der Waals surface area contributed by atoms with E-state index in [1.165, 1.54) is 66.9 Å². The number of carbonyl (C=O) groups is 4. The van der Waals surface area contributed by atoms with Crippen molar-refractivity contribution in [2.45, 2.75) is 52.4 Å². The van der Waals surface area contributed by atoms with Crippen molar-refractivity contribution in [2.24, 2.45) is 0 Å². The molecule has 2 aliphatic heterocycles. The van der Waals surface area contributed by atoms with Gasteiger partial charge in [0.2, 0.25) is 11.1 Å². The van der Waals surface area contributed by atoms with Crippen molar-refractivity contribution < 1.29 is 49.7 Å². The van der Waals surface area contributed by atoms with E-state index in [0.29, 0.717) is 57.0 Å². The molecule has 10 rings (SSSR count). The Morgan fingerprint density at radius 2 is 1.02 bits per heavy atom. The summed E-state index contributed by atoms with van der Waals surface area (Å²) in [6.07, 6.45) is 2.11. The number of hydrogen-bond acceptors (Lipinski definition) is 11. The van der Waals surface area contributed by atoms with E-state index in [0.717, 1.165) is 65.7 Å². The smallest absolute Gasteiger partial charge is 0.328 e. The van der Waals surface area contributed by atoms with E-state index >= 15 is 8.78 Å². The van der Waals surface area contributed by atoms with E-state index in [1.807, 2.05) is 6.92 Å². The zero-order valence-electron chi connectivity index (χ0n) is 45.8. The summed E-state index contributed by atoms with van der Waals surface area (Å²) >= 11 is 0. The predicted octanol–water partition coefficient (Wildman–Crippen LogP) is 11.8. The van der Waals surface area contributed by atoms with Crippen molar-refractivity contribution >= 4 is 75.0 Å². The van der Waals surface area contributed by atoms with Crippen LogP contribution in [0.1, 0.15) is 63.2 Å². The number of aryl methyl sites for hydroxylation is 2. The standard InChI is InChI=1S/C33H34F3N7O2.C27H20F3N5O3S/c1-4-42(5-2)17-7-16-37-32-40-28(24-18-21(11-10-20(24)3)31(44)39-23-14-12-22(34)13-15-23)25-19-38-33(45)43(30(25)41-32)29-26(35)8-6-9-27(29)36;1-14-6-7-15(25(36)32-17-10-8-16(28)9-11-17)12-18(14)22-19-13-31-27(37)35(23-20(29)4-3-5-21(23)30)24(19)34-26(33-22)39(2)38/h6,8-15,18H,4-5,7,16-17,19H2,1-3H3,(H,38,45)(H,39,44)(H,37,40,41);3-12H,13H2,1-2H3,(H,31,37)(H,32,36). The van der Waals surface area contributed by atoms with Gasteiger partial charge >= 0.3 is 12.1 Å². The third kappa shape index (κ3) is 12.9. The molecule has 0 bridgehead atoms. The van der Waals surface area contributed by atoms with Gasteiger partial charge < -0.3 is 31.5 Å². The number of aromatic nitrogens is 4. The van der Waals surface area contributed by atoms with Gasteiger partial charge in [0.15, 0.2) is 11.6 Å². The van der Waals surface area contributed by atoms with Crippen LogP contribution in [0.3, 0.4) is 0 Å². The topological polar surface area (TPSA) is 207 Å². The summed E-state index contributed by atoms with van der Waals surface area (Å²) in [5.74, 6) is -5.55. The third-order valence-electron chi connectivity index (χ3n) is 13.7. The Hall–Kier alpha value is -9.55. The molecule has 24 heteroatoms. The molecule has 0 fully saturated rings. The van der Waals surface area contributed by atoms with Crippen molar-refractivity contribution in [3.8, 4) is 22.5 Å². The highest BCUT2D eigenvalue weighted by molar-refractivity contribution is 7.84. The molecule has 432 valence electrons. The van der Waals surface area contributed by atoms with Crippen LogP contribution in [0, 0.1) is 48.8 Å². The van der Waals surface area contributed by atoms with Crippen LogP contribution in [-0.4, -0.2) is 85.4 Å². The summed E-state index contributed by atoms with van der Waals surface area (Å²) < 4.78 is 98.7. The van der Waals surface area contributed by atoms with E-state index in [4.69, 9.17) is 4.98 Å². The fourth-order valence-electron chi connectivity index (χ4n) is 9.32. The first-order valence-corrected chi connectivity index (χ1v) is 27.9. The number of rotatable bonds is 16. The number of benzene rings is 6. The second-order valence-corrected chi connectivity index (χ2v) is 20.5. The minimum atomic E-state index is -1.73. The Balaban J connectivity index is 0.000000204. The van der Waals surface area contributed by atoms with Gasteiger partial charge in [-0.25, -0.2) is 60.7 Å². The van der Waals surface area contributed by atoms with Crippen molar-refractivity contribution in [1.82, 2.24) is 35.5 Å². The Kier molecular flexibility index (Phi) is 18.1. The molecule has 0 saturated heterocycles. The highest BCUT2D eigenvalue weighted by Crippen LogP contribution is 2.41. The van der Waals surface area contributed by atoms with Gasteiger partial charge in [-0.2, -0.15) is 4.98 Å². The lowest BCUT2D eigenvalue weighted by molar-refractivity contribution is 0.101. The molecule has 1 unspecified atom stereocenters. The van der Waals surface area contributed by atoms with Gasteiger partial charge in [0.05, 0.1) is 35.3 Å². The number of urea groups is 2. The molecule has 4 heterocycles. The summed E-state index contributed by atoms with van der Waals surface area (Å²) in [6.45, 7) is 10.9. The van der Waals surface area contributed by atoms with Crippen molar-refractivity contribution in [3.63, 3.8) is 0 Å². The number of hydrogen-bond donors (Lipinski definition) is 5. The Morgan fingerprint density at radius 1 is 0.595 bits per heavy atom. The summed E-state index contributed by atoms with van der Waals surface area (Å²) in [5, 5.41) is 13.8. The average molecular weight is 1170 g/mol. The molecule has 0 aliphatic carbocycles. The minimum absolute atomic E-state index is 0.0102. The molecular weight excluding hydrogens is 1110 g/mol. The van der Waals surface area contributed by atoms with E-state index < -0.39 is 81.0 Å². The molecule has 84 heavy (non-hydrogen) atoms. The summed E-state index contributed by atoms with van der Waals surface area (Å²) in [4.78, 5) is 74.2. The van der Waals surface area contributed by atoms with Crippen LogP contribution in [0.15, 0.2) is 126 Å². The van der Waals surface area contributed by atoms with Gasteiger partial charge in [-0.1, -0.05) is 38.1 Å². The molecule has 2 aliphatic rings. The van der Waals surface area contributed by atoms with Crippen molar-refractivity contribution in [2.75, 3.05) is 58.2 Å². The Morgan fingerprint density at radius 3 is 1.45 bits per heavy atom. The molecule has 6 amide bonds. The van der Waals surface area contributed by atoms with Crippen LogP contribution in [0.25, 0.3) is 22.5 Å². The molecule has 2 aromatic heterocycles. The first-order chi connectivity index (χ1) is 40.3. The molecule has 1 atom stereocenters. The van der Waals surface area contributed by atoms with Crippen LogP contribution in [-0.2, 0) is 23.9 Å². The first kappa shape index (κ1) is 59.1. The first-order valence-electron chi connectivity index (χ1n) is 26.3. The lowest BCUT2D eigenvalue weighted by atomic mass is 9.97. The zero-order chi connectivity index (χ0) is 59.9. The van der Waals surface area contributed by atoms with Crippen molar-refractivity contribution in [3.05, 3.63) is 190 Å². The van der Waals surface area contributed by atoms with Gasteiger partial charge in [0.1, 0.15) is 46.3 Å². The lowest BCUT2D eigenvalue weighted by Gasteiger charge is -2.31. The predicted molar refractivity (Wildman–Crippen MR) is 308 cm³/mol. The average Bonchev–Trinajstić information content (AvgIpc) is 1.89. The number of para-hydroxylation sites is 2. The van der Waals surface area contributed by atoms with Crippen LogP contribution in [0.5, 0.6) is 0 Å². The van der Waals surface area contributed by atoms with Gasteiger partial charge in [-0.3, -0.25) is 13.8 Å². The molecule has 17 nitrogen and oxygen atoms in total. The fraction of sp³-hybridized carbons (Fsp3) is 0.200. The van der Waals surface area contributed by atoms with E-state index in [-0.39, 0.29) is 47.1 Å². The molecule has 0 radical (unpaired) electrons. The van der Waals surface area contributed by atoms with Gasteiger partial charge in [0.25, 0.3) is 11.8 Å². The maximum atomic E-state index is 15.0. The SMILES string of the molecule is CCN(CC)CCCNc1nc(-c2cc(C(=O)Nc3ccc(F)cc3)ccc2C)c2c(n1)N(c1c(F)cccc1F)C(=O)NC2.Cc1ccc(C(=O)Nc2ccc(F)cc2)cc1-c1nc(S(C)=O)nc2c1CNC(=O)N2c1c(F)cccc1F. The minimum Gasteiger partial charge on any atom is -0.354 e. The molecule has 6 aromatic carbocycles. The quantitative estimate of drug-likeness (QED) is 0.0349.